The first-order valence-electron chi connectivity index (χ1n) is 8.24. The van der Waals surface area contributed by atoms with Crippen LogP contribution < -0.4 is 10.1 Å². The number of hydrogen-bond acceptors (Lipinski definition) is 3. The molecule has 0 heterocycles. The van der Waals surface area contributed by atoms with Crippen molar-refractivity contribution >= 4 is 6.03 Å². The van der Waals surface area contributed by atoms with Crippen LogP contribution in [0.2, 0.25) is 0 Å². The number of amides is 2. The van der Waals surface area contributed by atoms with E-state index in [1.165, 1.54) is 12.8 Å². The Labute approximate surface area is 139 Å². The normalized spacial score (nSPS) is 16.5. The third kappa shape index (κ3) is 5.13. The van der Waals surface area contributed by atoms with Gasteiger partial charge in [-0.05, 0) is 50.3 Å². The zero-order valence-corrected chi connectivity index (χ0v) is 14.5. The number of benzene rings is 1. The van der Waals surface area contributed by atoms with Gasteiger partial charge in [0.25, 0.3) is 0 Å². The predicted molar refractivity (Wildman–Crippen MR) is 90.6 cm³/mol. The van der Waals surface area contributed by atoms with E-state index >= 15 is 0 Å². The van der Waals surface area contributed by atoms with E-state index in [1.807, 2.05) is 36.1 Å². The zero-order valence-electron chi connectivity index (χ0n) is 14.5. The van der Waals surface area contributed by atoms with Gasteiger partial charge in [-0.15, -0.1) is 0 Å². The molecular formula is C18H28N2O3. The van der Waals surface area contributed by atoms with Crippen molar-refractivity contribution in [3.8, 4) is 5.75 Å². The third-order valence-corrected chi connectivity index (χ3v) is 4.36. The average Bonchev–Trinajstić information content (AvgIpc) is 3.37. The van der Waals surface area contributed by atoms with Crippen molar-refractivity contribution in [1.82, 2.24) is 10.2 Å². The molecule has 2 unspecified atom stereocenters. The Morgan fingerprint density at radius 2 is 1.91 bits per heavy atom. The topological polar surface area (TPSA) is 50.8 Å². The molecule has 5 heteroatoms. The molecule has 23 heavy (non-hydrogen) atoms. The maximum Gasteiger partial charge on any atom is 0.318 e. The van der Waals surface area contributed by atoms with Crippen LogP contribution in [0, 0.1) is 5.92 Å². The number of urea groups is 1. The van der Waals surface area contributed by atoms with E-state index in [9.17, 15) is 4.79 Å². The monoisotopic (exact) mass is 320 g/mol. The van der Waals surface area contributed by atoms with Gasteiger partial charge in [-0.3, -0.25) is 0 Å². The van der Waals surface area contributed by atoms with Gasteiger partial charge in [0.05, 0.1) is 19.8 Å². The minimum absolute atomic E-state index is 0.00253. The van der Waals surface area contributed by atoms with Crippen molar-refractivity contribution < 1.29 is 14.3 Å². The maximum absolute atomic E-state index is 12.7. The van der Waals surface area contributed by atoms with Crippen molar-refractivity contribution in [3.05, 3.63) is 29.8 Å². The molecule has 128 valence electrons. The summed E-state index contributed by atoms with van der Waals surface area (Å²) in [6, 6.07) is 8.10. The summed E-state index contributed by atoms with van der Waals surface area (Å²) in [5, 5.41) is 3.02. The van der Waals surface area contributed by atoms with Gasteiger partial charge < -0.3 is 19.7 Å². The molecule has 0 aromatic heterocycles. The molecule has 2 rings (SSSR count). The van der Waals surface area contributed by atoms with Gasteiger partial charge in [0.1, 0.15) is 5.75 Å². The number of methoxy groups -OCH3 is 2. The second-order valence-corrected chi connectivity index (χ2v) is 6.36. The van der Waals surface area contributed by atoms with Gasteiger partial charge >= 0.3 is 6.03 Å². The van der Waals surface area contributed by atoms with Gasteiger partial charge in [0, 0.05) is 19.7 Å². The molecule has 1 aromatic carbocycles. The average molecular weight is 320 g/mol. The molecule has 2 atom stereocenters. The number of carbonyl (C=O) groups excluding carboxylic acids is 1. The van der Waals surface area contributed by atoms with Gasteiger partial charge in [-0.2, -0.15) is 0 Å². The number of nitrogens with one attached hydrogen (secondary N) is 1. The highest BCUT2D eigenvalue weighted by atomic mass is 16.5. The van der Waals surface area contributed by atoms with E-state index in [4.69, 9.17) is 9.47 Å². The Balaban J connectivity index is 2.05. The summed E-state index contributed by atoms with van der Waals surface area (Å²) in [4.78, 5) is 14.6. The smallest absolute Gasteiger partial charge is 0.318 e. The Morgan fingerprint density at radius 3 is 2.43 bits per heavy atom. The lowest BCUT2D eigenvalue weighted by Crippen LogP contribution is -2.49. The molecule has 1 N–H and O–H groups in total. The first-order valence-corrected chi connectivity index (χ1v) is 8.24. The van der Waals surface area contributed by atoms with Gasteiger partial charge in [-0.25, -0.2) is 4.79 Å². The van der Waals surface area contributed by atoms with Crippen LogP contribution in [0.15, 0.2) is 24.3 Å². The molecule has 0 aliphatic heterocycles. The number of ether oxygens (including phenoxy) is 2. The standard InChI is InChI=1S/C18H28N2O3/c1-13(12-22-3)19-18(21)20(14(2)16-7-8-16)11-15-5-9-17(23-4)10-6-15/h5-6,9-10,13-14,16H,7-8,11-12H2,1-4H3,(H,19,21). The largest absolute Gasteiger partial charge is 0.497 e. The molecule has 0 bridgehead atoms. The van der Waals surface area contributed by atoms with Crippen LogP contribution in [0.4, 0.5) is 4.79 Å². The minimum atomic E-state index is -0.0234. The quantitative estimate of drug-likeness (QED) is 0.801. The third-order valence-electron chi connectivity index (χ3n) is 4.36. The molecule has 5 nitrogen and oxygen atoms in total. The SMILES string of the molecule is COCC(C)NC(=O)N(Cc1ccc(OC)cc1)C(C)C1CC1. The summed E-state index contributed by atoms with van der Waals surface area (Å²) in [5.74, 6) is 1.45. The highest BCUT2D eigenvalue weighted by Gasteiger charge is 2.34. The van der Waals surface area contributed by atoms with Crippen molar-refractivity contribution in [2.45, 2.75) is 45.3 Å². The molecular weight excluding hydrogens is 292 g/mol. The van der Waals surface area contributed by atoms with Crippen molar-refractivity contribution in [3.63, 3.8) is 0 Å². The molecule has 1 aromatic rings. The number of carbonyl (C=O) groups is 1. The first kappa shape index (κ1) is 17.6. The maximum atomic E-state index is 12.7. The minimum Gasteiger partial charge on any atom is -0.497 e. The van der Waals surface area contributed by atoms with E-state index in [-0.39, 0.29) is 18.1 Å². The van der Waals surface area contributed by atoms with Crippen LogP contribution in [-0.4, -0.2) is 43.8 Å². The number of rotatable bonds is 8. The molecule has 0 spiro atoms. The van der Waals surface area contributed by atoms with Crippen molar-refractivity contribution in [2.24, 2.45) is 5.92 Å². The molecule has 0 saturated heterocycles. The van der Waals surface area contributed by atoms with Crippen LogP contribution in [0.3, 0.4) is 0 Å². The second-order valence-electron chi connectivity index (χ2n) is 6.36. The second kappa shape index (κ2) is 8.20. The van der Waals surface area contributed by atoms with Crippen molar-refractivity contribution in [1.29, 1.82) is 0 Å². The number of hydrogen-bond donors (Lipinski definition) is 1. The summed E-state index contributed by atoms with van der Waals surface area (Å²) < 4.78 is 10.3. The molecule has 0 radical (unpaired) electrons. The Hall–Kier alpha value is -1.75. The van der Waals surface area contributed by atoms with E-state index < -0.39 is 0 Å². The van der Waals surface area contributed by atoms with E-state index in [1.54, 1.807) is 14.2 Å². The van der Waals surface area contributed by atoms with E-state index in [0.29, 0.717) is 19.1 Å². The molecule has 1 aliphatic carbocycles. The Morgan fingerprint density at radius 1 is 1.26 bits per heavy atom. The summed E-state index contributed by atoms with van der Waals surface area (Å²) in [6.45, 7) is 5.21. The fourth-order valence-electron chi connectivity index (χ4n) is 2.75. The molecule has 2 amide bonds. The van der Waals surface area contributed by atoms with E-state index in [2.05, 4.69) is 12.2 Å². The fraction of sp³-hybridized carbons (Fsp3) is 0.611. The molecule has 1 aliphatic rings. The highest BCUT2D eigenvalue weighted by molar-refractivity contribution is 5.75. The number of nitrogens with zero attached hydrogens (tertiary/aromatic N) is 1. The highest BCUT2D eigenvalue weighted by Crippen LogP contribution is 2.35. The molecule has 1 saturated carbocycles. The van der Waals surface area contributed by atoms with Crippen LogP contribution in [0.25, 0.3) is 0 Å². The van der Waals surface area contributed by atoms with Crippen LogP contribution in [0.5, 0.6) is 5.75 Å². The lowest BCUT2D eigenvalue weighted by atomic mass is 10.1. The summed E-state index contributed by atoms with van der Waals surface area (Å²) in [5.41, 5.74) is 1.10. The summed E-state index contributed by atoms with van der Waals surface area (Å²) in [6.07, 6.45) is 2.42. The van der Waals surface area contributed by atoms with E-state index in [0.717, 1.165) is 11.3 Å². The van der Waals surface area contributed by atoms with Gasteiger partial charge in [-0.1, -0.05) is 12.1 Å². The molecule has 1 fully saturated rings. The Bertz CT molecular complexity index is 499. The lowest BCUT2D eigenvalue weighted by Gasteiger charge is -2.31. The lowest BCUT2D eigenvalue weighted by molar-refractivity contribution is 0.145. The van der Waals surface area contributed by atoms with Crippen LogP contribution in [-0.2, 0) is 11.3 Å². The van der Waals surface area contributed by atoms with Gasteiger partial charge in [0.15, 0.2) is 0 Å². The summed E-state index contributed by atoms with van der Waals surface area (Å²) >= 11 is 0. The van der Waals surface area contributed by atoms with Crippen LogP contribution >= 0.6 is 0 Å². The first-order chi connectivity index (χ1) is 11.0. The summed E-state index contributed by atoms with van der Waals surface area (Å²) in [7, 11) is 3.30. The van der Waals surface area contributed by atoms with Crippen LogP contribution in [0.1, 0.15) is 32.3 Å². The van der Waals surface area contributed by atoms with Gasteiger partial charge in [0.2, 0.25) is 0 Å². The Kier molecular flexibility index (Phi) is 6.28. The van der Waals surface area contributed by atoms with Crippen molar-refractivity contribution in [2.75, 3.05) is 20.8 Å². The zero-order chi connectivity index (χ0) is 16.8. The predicted octanol–water partition coefficient (Wildman–Crippen LogP) is 3.04. The fourth-order valence-corrected chi connectivity index (χ4v) is 2.75.